The molecule has 2 aromatic rings. The minimum atomic E-state index is -0.354. The highest BCUT2D eigenvalue weighted by atomic mass is 16.3. The quantitative estimate of drug-likeness (QED) is 0.865. The van der Waals surface area contributed by atoms with Gasteiger partial charge in [-0.2, -0.15) is 0 Å². The Hall–Kier alpha value is -2.67. The van der Waals surface area contributed by atoms with E-state index in [9.17, 15) is 9.59 Å². The van der Waals surface area contributed by atoms with Gasteiger partial charge in [0.15, 0.2) is 0 Å². The second-order valence-corrected chi connectivity index (χ2v) is 6.52. The van der Waals surface area contributed by atoms with E-state index in [-0.39, 0.29) is 24.2 Å². The van der Waals surface area contributed by atoms with E-state index in [0.717, 1.165) is 11.5 Å². The van der Waals surface area contributed by atoms with Crippen molar-refractivity contribution in [2.45, 2.75) is 19.5 Å². The van der Waals surface area contributed by atoms with Crippen molar-refractivity contribution >= 4 is 17.5 Å². The van der Waals surface area contributed by atoms with Crippen molar-refractivity contribution in [3.63, 3.8) is 0 Å². The van der Waals surface area contributed by atoms with E-state index in [0.29, 0.717) is 25.3 Å². The fraction of sp³-hybridized carbons (Fsp3) is 0.389. The van der Waals surface area contributed by atoms with Crippen molar-refractivity contribution in [3.05, 3.63) is 48.2 Å². The highest BCUT2D eigenvalue weighted by molar-refractivity contribution is 5.97. The lowest BCUT2D eigenvalue weighted by molar-refractivity contribution is -0.128. The monoisotopic (exact) mass is 342 g/mol. The first-order valence-corrected chi connectivity index (χ1v) is 8.22. The van der Waals surface area contributed by atoms with E-state index in [2.05, 4.69) is 10.3 Å². The maximum atomic E-state index is 12.5. The molecular weight excluding hydrogens is 320 g/mol. The molecule has 1 atom stereocenters. The number of likely N-dealkylation sites (tertiary alicyclic amines) is 1. The summed E-state index contributed by atoms with van der Waals surface area (Å²) in [7, 11) is 3.93. The van der Waals surface area contributed by atoms with Crippen LogP contribution in [0, 0.1) is 5.92 Å². The van der Waals surface area contributed by atoms with Crippen molar-refractivity contribution in [1.29, 1.82) is 0 Å². The first-order chi connectivity index (χ1) is 12.0. The Morgan fingerprint density at radius 3 is 3.00 bits per heavy atom. The Labute approximate surface area is 146 Å². The number of amides is 2. The Morgan fingerprint density at radius 2 is 2.28 bits per heavy atom. The minimum Gasteiger partial charge on any atom is -0.467 e. The van der Waals surface area contributed by atoms with Crippen LogP contribution >= 0.6 is 0 Å². The van der Waals surface area contributed by atoms with Gasteiger partial charge in [0.05, 0.1) is 24.4 Å². The number of nitrogens with one attached hydrogen (secondary N) is 1. The summed E-state index contributed by atoms with van der Waals surface area (Å²) in [6, 6.07) is 7.22. The number of nitrogens with zero attached hydrogens (tertiary/aromatic N) is 3. The van der Waals surface area contributed by atoms with Crippen molar-refractivity contribution < 1.29 is 14.0 Å². The Balaban J connectivity index is 1.59. The summed E-state index contributed by atoms with van der Waals surface area (Å²) in [5, 5.41) is 2.90. The summed E-state index contributed by atoms with van der Waals surface area (Å²) in [6.07, 6.45) is 3.48. The van der Waals surface area contributed by atoms with Crippen LogP contribution in [0.3, 0.4) is 0 Å². The van der Waals surface area contributed by atoms with Gasteiger partial charge in [-0.05, 0) is 38.4 Å². The molecular formula is C18H22N4O3. The number of carbonyl (C=O) groups excluding carboxylic acids is 2. The van der Waals surface area contributed by atoms with E-state index in [1.165, 1.54) is 0 Å². The van der Waals surface area contributed by atoms with E-state index < -0.39 is 0 Å². The van der Waals surface area contributed by atoms with Gasteiger partial charge in [0, 0.05) is 31.4 Å². The molecule has 0 aromatic carbocycles. The summed E-state index contributed by atoms with van der Waals surface area (Å²) in [5.74, 6) is 0.196. The molecule has 2 amide bonds. The van der Waals surface area contributed by atoms with E-state index >= 15 is 0 Å². The van der Waals surface area contributed by atoms with Crippen LogP contribution in [0.15, 0.2) is 41.1 Å². The van der Waals surface area contributed by atoms with E-state index in [1.54, 1.807) is 29.5 Å². The topological polar surface area (TPSA) is 78.7 Å². The van der Waals surface area contributed by atoms with E-state index in [1.807, 2.05) is 31.1 Å². The molecule has 3 heterocycles. The van der Waals surface area contributed by atoms with Gasteiger partial charge >= 0.3 is 0 Å². The van der Waals surface area contributed by atoms with Gasteiger partial charge in [-0.25, -0.2) is 0 Å². The zero-order chi connectivity index (χ0) is 17.8. The highest BCUT2D eigenvalue weighted by Gasteiger charge is 2.34. The van der Waals surface area contributed by atoms with Gasteiger partial charge in [-0.1, -0.05) is 0 Å². The van der Waals surface area contributed by atoms with Crippen LogP contribution in [0.2, 0.25) is 0 Å². The van der Waals surface area contributed by atoms with Gasteiger partial charge in [0.1, 0.15) is 5.76 Å². The van der Waals surface area contributed by atoms with Crippen LogP contribution in [0.25, 0.3) is 0 Å². The van der Waals surface area contributed by atoms with E-state index in [4.69, 9.17) is 4.42 Å². The lowest BCUT2D eigenvalue weighted by Crippen LogP contribution is -2.28. The highest BCUT2D eigenvalue weighted by Crippen LogP contribution is 2.22. The maximum Gasteiger partial charge on any atom is 0.229 e. The third-order valence-corrected chi connectivity index (χ3v) is 4.07. The molecule has 2 aromatic heterocycles. The molecule has 0 radical (unpaired) electrons. The number of furan rings is 1. The Kier molecular flexibility index (Phi) is 5.14. The fourth-order valence-corrected chi connectivity index (χ4v) is 2.90. The average molecular weight is 342 g/mol. The number of aromatic nitrogens is 1. The zero-order valence-electron chi connectivity index (χ0n) is 14.4. The first-order valence-electron chi connectivity index (χ1n) is 8.22. The van der Waals surface area contributed by atoms with Crippen molar-refractivity contribution in [1.82, 2.24) is 14.8 Å². The second kappa shape index (κ2) is 7.48. The van der Waals surface area contributed by atoms with Crippen LogP contribution in [0.1, 0.15) is 17.9 Å². The van der Waals surface area contributed by atoms with Crippen LogP contribution in [-0.2, 0) is 22.7 Å². The number of carbonyl (C=O) groups is 2. The summed E-state index contributed by atoms with van der Waals surface area (Å²) in [4.78, 5) is 32.6. The lowest BCUT2D eigenvalue weighted by atomic mass is 10.1. The number of pyridine rings is 1. The molecule has 1 fully saturated rings. The van der Waals surface area contributed by atoms with Gasteiger partial charge in [0.25, 0.3) is 0 Å². The fourth-order valence-electron chi connectivity index (χ4n) is 2.90. The molecule has 7 heteroatoms. The third-order valence-electron chi connectivity index (χ3n) is 4.07. The zero-order valence-corrected chi connectivity index (χ0v) is 14.4. The predicted molar refractivity (Wildman–Crippen MR) is 92.5 cm³/mol. The van der Waals surface area contributed by atoms with Gasteiger partial charge in [-0.3, -0.25) is 14.6 Å². The molecule has 3 rings (SSSR count). The van der Waals surface area contributed by atoms with Crippen LogP contribution in [0.4, 0.5) is 5.69 Å². The first kappa shape index (κ1) is 17.2. The SMILES string of the molecule is CN(C)Cc1cc(NC(=O)[C@@H]2CC(=O)N(Cc3ccco3)C2)ccn1. The smallest absolute Gasteiger partial charge is 0.229 e. The molecule has 7 nitrogen and oxygen atoms in total. The Bertz CT molecular complexity index is 743. The predicted octanol–water partition coefficient (Wildman–Crippen LogP) is 1.72. The molecule has 1 aliphatic heterocycles. The van der Waals surface area contributed by atoms with Crippen LogP contribution in [0.5, 0.6) is 0 Å². The van der Waals surface area contributed by atoms with Gasteiger partial charge in [0.2, 0.25) is 11.8 Å². The van der Waals surface area contributed by atoms with Gasteiger partial charge in [-0.15, -0.1) is 0 Å². The molecule has 1 aliphatic rings. The molecule has 1 saturated heterocycles. The number of hydrogen-bond acceptors (Lipinski definition) is 5. The van der Waals surface area contributed by atoms with Crippen molar-refractivity contribution in [2.24, 2.45) is 5.92 Å². The molecule has 0 saturated carbocycles. The molecule has 1 N–H and O–H groups in total. The molecule has 0 unspecified atom stereocenters. The third kappa shape index (κ3) is 4.45. The summed E-state index contributed by atoms with van der Waals surface area (Å²) in [6.45, 7) is 1.50. The van der Waals surface area contributed by atoms with Gasteiger partial charge < -0.3 is 19.5 Å². The molecule has 25 heavy (non-hydrogen) atoms. The summed E-state index contributed by atoms with van der Waals surface area (Å²) >= 11 is 0. The molecule has 0 spiro atoms. The molecule has 0 aliphatic carbocycles. The average Bonchev–Trinajstić information content (AvgIpc) is 3.18. The molecule has 0 bridgehead atoms. The minimum absolute atomic E-state index is 0.0282. The van der Waals surface area contributed by atoms with Crippen LogP contribution in [-0.4, -0.2) is 47.2 Å². The van der Waals surface area contributed by atoms with Crippen molar-refractivity contribution in [3.8, 4) is 0 Å². The largest absolute Gasteiger partial charge is 0.467 e. The second-order valence-electron chi connectivity index (χ2n) is 6.52. The number of anilines is 1. The molecule has 132 valence electrons. The standard InChI is InChI=1S/C18H22N4O3/c1-21(2)11-15-9-14(5-6-19-15)20-18(24)13-8-17(23)22(10-13)12-16-4-3-7-25-16/h3-7,9,13H,8,10-12H2,1-2H3,(H,19,20,24)/t13-/m1/s1. The lowest BCUT2D eigenvalue weighted by Gasteiger charge is -2.15. The van der Waals surface area contributed by atoms with Crippen molar-refractivity contribution in [2.75, 3.05) is 26.0 Å². The normalized spacial score (nSPS) is 17.3. The summed E-state index contributed by atoms with van der Waals surface area (Å²) in [5.41, 5.74) is 1.58. The maximum absolute atomic E-state index is 12.5. The summed E-state index contributed by atoms with van der Waals surface area (Å²) < 4.78 is 5.27. The number of rotatable bonds is 6. The number of hydrogen-bond donors (Lipinski definition) is 1. The van der Waals surface area contributed by atoms with Crippen LogP contribution < -0.4 is 5.32 Å². The Morgan fingerprint density at radius 1 is 1.44 bits per heavy atom.